The van der Waals surface area contributed by atoms with E-state index in [0.29, 0.717) is 4.99 Å². The van der Waals surface area contributed by atoms with Crippen LogP contribution in [0.5, 0.6) is 0 Å². The molecule has 0 aliphatic rings. The van der Waals surface area contributed by atoms with Gasteiger partial charge in [0, 0.05) is 17.1 Å². The van der Waals surface area contributed by atoms with Crippen molar-refractivity contribution in [1.82, 2.24) is 4.98 Å². The maximum Gasteiger partial charge on any atom is 0.107 e. The zero-order valence-corrected chi connectivity index (χ0v) is 13.1. The Morgan fingerprint density at radius 1 is 1.10 bits per heavy atom. The Labute approximate surface area is 125 Å². The highest BCUT2D eigenvalue weighted by Crippen LogP contribution is 2.25. The van der Waals surface area contributed by atoms with Crippen molar-refractivity contribution >= 4 is 28.6 Å². The molecule has 20 heavy (non-hydrogen) atoms. The molecular formula is C16H19N3S. The molecule has 0 amide bonds. The fourth-order valence-corrected chi connectivity index (χ4v) is 2.47. The molecule has 0 saturated heterocycles. The normalized spacial score (nSPS) is 10.4. The number of thiocarbonyl (C=S) groups is 1. The highest BCUT2D eigenvalue weighted by molar-refractivity contribution is 7.80. The number of nitrogens with zero attached hydrogens (tertiary/aromatic N) is 1. The highest BCUT2D eigenvalue weighted by Gasteiger charge is 2.11. The second kappa shape index (κ2) is 5.59. The number of anilines is 2. The lowest BCUT2D eigenvalue weighted by molar-refractivity contribution is 1.11. The predicted molar refractivity (Wildman–Crippen MR) is 88.8 cm³/mol. The Hall–Kier alpha value is -1.94. The summed E-state index contributed by atoms with van der Waals surface area (Å²) in [5.41, 5.74) is 12.9. The quantitative estimate of drug-likeness (QED) is 0.844. The molecule has 104 valence electrons. The summed E-state index contributed by atoms with van der Waals surface area (Å²) < 4.78 is 0. The minimum Gasteiger partial charge on any atom is -0.389 e. The molecule has 1 aromatic heterocycles. The van der Waals surface area contributed by atoms with E-state index < -0.39 is 0 Å². The zero-order chi connectivity index (χ0) is 14.9. The molecule has 0 bridgehead atoms. The van der Waals surface area contributed by atoms with Gasteiger partial charge in [-0.1, -0.05) is 18.3 Å². The third kappa shape index (κ3) is 2.96. The van der Waals surface area contributed by atoms with Crippen LogP contribution >= 0.6 is 12.2 Å². The van der Waals surface area contributed by atoms with Crippen LogP contribution in [0.15, 0.2) is 24.3 Å². The van der Waals surface area contributed by atoms with Gasteiger partial charge in [-0.05, 0) is 57.0 Å². The molecule has 0 radical (unpaired) electrons. The average molecular weight is 285 g/mol. The van der Waals surface area contributed by atoms with Crippen molar-refractivity contribution in [2.24, 2.45) is 5.73 Å². The third-order valence-electron chi connectivity index (χ3n) is 3.36. The Bertz CT molecular complexity index is 678. The second-order valence-electron chi connectivity index (χ2n) is 5.06. The Morgan fingerprint density at radius 2 is 1.80 bits per heavy atom. The van der Waals surface area contributed by atoms with Crippen molar-refractivity contribution in [2.75, 3.05) is 5.32 Å². The van der Waals surface area contributed by atoms with Crippen LogP contribution in [0.1, 0.15) is 28.1 Å². The first kappa shape index (κ1) is 14.5. The van der Waals surface area contributed by atoms with Crippen LogP contribution in [-0.2, 0) is 0 Å². The molecule has 3 nitrogen and oxygen atoms in total. The number of aryl methyl sites for hydroxylation is 4. The molecule has 4 heteroatoms. The summed E-state index contributed by atoms with van der Waals surface area (Å²) in [5.74, 6) is 0. The summed E-state index contributed by atoms with van der Waals surface area (Å²) in [5, 5.41) is 3.40. The summed E-state index contributed by atoms with van der Waals surface area (Å²) in [6.07, 6.45) is 0. The van der Waals surface area contributed by atoms with Gasteiger partial charge >= 0.3 is 0 Å². The largest absolute Gasteiger partial charge is 0.389 e. The van der Waals surface area contributed by atoms with E-state index in [0.717, 1.165) is 28.3 Å². The highest BCUT2D eigenvalue weighted by atomic mass is 32.1. The molecule has 0 atom stereocenters. The molecule has 0 unspecified atom stereocenters. The van der Waals surface area contributed by atoms with Crippen molar-refractivity contribution in [3.63, 3.8) is 0 Å². The van der Waals surface area contributed by atoms with Crippen LogP contribution in [0.2, 0.25) is 0 Å². The number of pyridine rings is 1. The Morgan fingerprint density at radius 3 is 2.40 bits per heavy atom. The first-order valence-corrected chi connectivity index (χ1v) is 6.91. The minimum atomic E-state index is 0.362. The minimum absolute atomic E-state index is 0.362. The number of hydrogen-bond donors (Lipinski definition) is 2. The molecule has 2 rings (SSSR count). The maximum absolute atomic E-state index is 5.82. The van der Waals surface area contributed by atoms with E-state index >= 15 is 0 Å². The number of nitrogens with one attached hydrogen (secondary N) is 1. The van der Waals surface area contributed by atoms with Gasteiger partial charge < -0.3 is 11.1 Å². The lowest BCUT2D eigenvalue weighted by Gasteiger charge is -2.15. The fraction of sp³-hybridized carbons (Fsp3) is 0.250. The summed E-state index contributed by atoms with van der Waals surface area (Å²) >= 11 is 5.14. The van der Waals surface area contributed by atoms with Gasteiger partial charge in [-0.3, -0.25) is 4.98 Å². The van der Waals surface area contributed by atoms with Crippen molar-refractivity contribution in [1.29, 1.82) is 0 Å². The van der Waals surface area contributed by atoms with Crippen LogP contribution < -0.4 is 11.1 Å². The molecule has 1 aromatic carbocycles. The fourth-order valence-electron chi connectivity index (χ4n) is 2.21. The van der Waals surface area contributed by atoms with Crippen LogP contribution in [0.3, 0.4) is 0 Å². The predicted octanol–water partition coefficient (Wildman–Crippen LogP) is 3.69. The van der Waals surface area contributed by atoms with Gasteiger partial charge in [0.15, 0.2) is 0 Å². The topological polar surface area (TPSA) is 50.9 Å². The number of aromatic nitrogens is 1. The van der Waals surface area contributed by atoms with Gasteiger partial charge in [-0.25, -0.2) is 0 Å². The Balaban J connectivity index is 2.47. The number of hydrogen-bond acceptors (Lipinski definition) is 3. The van der Waals surface area contributed by atoms with Gasteiger partial charge in [-0.15, -0.1) is 0 Å². The van der Waals surface area contributed by atoms with Crippen LogP contribution in [0.4, 0.5) is 11.4 Å². The van der Waals surface area contributed by atoms with Crippen molar-refractivity contribution < 1.29 is 0 Å². The summed E-state index contributed by atoms with van der Waals surface area (Å²) in [6.45, 7) is 8.08. The van der Waals surface area contributed by atoms with E-state index in [9.17, 15) is 0 Å². The number of benzene rings is 1. The van der Waals surface area contributed by atoms with Crippen molar-refractivity contribution in [3.05, 3.63) is 52.3 Å². The lowest BCUT2D eigenvalue weighted by Crippen LogP contribution is -2.15. The standard InChI is InChI=1S/C16H19N3S/c1-9-5-6-13(7-10(9)2)19-14-8-11(3)18-12(4)15(14)16(17)20/h5-8H,1-4H3,(H2,17,20)(H,18,19). The van der Waals surface area contributed by atoms with Crippen molar-refractivity contribution in [3.8, 4) is 0 Å². The molecule has 0 aliphatic heterocycles. The molecule has 0 spiro atoms. The van der Waals surface area contributed by atoms with E-state index in [4.69, 9.17) is 18.0 Å². The first-order valence-electron chi connectivity index (χ1n) is 6.51. The SMILES string of the molecule is Cc1cc(Nc2ccc(C)c(C)c2)c(C(N)=S)c(C)n1. The van der Waals surface area contributed by atoms with E-state index in [1.807, 2.05) is 19.9 Å². The second-order valence-corrected chi connectivity index (χ2v) is 5.50. The molecule has 0 saturated carbocycles. The lowest BCUT2D eigenvalue weighted by atomic mass is 10.1. The zero-order valence-electron chi connectivity index (χ0n) is 12.2. The van der Waals surface area contributed by atoms with E-state index in [-0.39, 0.29) is 0 Å². The first-order chi connectivity index (χ1) is 9.38. The smallest absolute Gasteiger partial charge is 0.107 e. The summed E-state index contributed by atoms with van der Waals surface area (Å²) in [4.78, 5) is 4.78. The van der Waals surface area contributed by atoms with Gasteiger partial charge in [0.1, 0.15) is 4.99 Å². The van der Waals surface area contributed by atoms with Gasteiger partial charge in [0.05, 0.1) is 11.3 Å². The van der Waals surface area contributed by atoms with Gasteiger partial charge in [0.2, 0.25) is 0 Å². The van der Waals surface area contributed by atoms with Crippen LogP contribution in [-0.4, -0.2) is 9.97 Å². The molecule has 0 fully saturated rings. The molecule has 1 heterocycles. The van der Waals surface area contributed by atoms with Crippen molar-refractivity contribution in [2.45, 2.75) is 27.7 Å². The van der Waals surface area contributed by atoms with Gasteiger partial charge in [0.25, 0.3) is 0 Å². The van der Waals surface area contributed by atoms with E-state index in [2.05, 4.69) is 42.3 Å². The summed E-state index contributed by atoms with van der Waals surface area (Å²) in [7, 11) is 0. The monoisotopic (exact) mass is 285 g/mol. The molecule has 3 N–H and O–H groups in total. The van der Waals surface area contributed by atoms with Crippen LogP contribution in [0.25, 0.3) is 0 Å². The molecule has 0 aliphatic carbocycles. The molecular weight excluding hydrogens is 266 g/mol. The molecule has 2 aromatic rings. The van der Waals surface area contributed by atoms with E-state index in [1.54, 1.807) is 0 Å². The average Bonchev–Trinajstić information content (AvgIpc) is 2.32. The van der Waals surface area contributed by atoms with Gasteiger partial charge in [-0.2, -0.15) is 0 Å². The van der Waals surface area contributed by atoms with Crippen LogP contribution in [0, 0.1) is 27.7 Å². The summed E-state index contributed by atoms with van der Waals surface area (Å²) in [6, 6.07) is 8.23. The number of rotatable bonds is 3. The maximum atomic E-state index is 5.82. The third-order valence-corrected chi connectivity index (χ3v) is 3.56. The number of nitrogens with two attached hydrogens (primary N) is 1. The van der Waals surface area contributed by atoms with E-state index in [1.165, 1.54) is 11.1 Å². The Kier molecular flexibility index (Phi) is 4.04.